The van der Waals surface area contributed by atoms with E-state index in [0.29, 0.717) is 6.54 Å². The number of hydrogen-bond donors (Lipinski definition) is 2. The number of aromatic amines is 1. The SMILES string of the molecule is CC(NC(=O)N(C)Cc1cn(-c2ccccc2)nc1-c1ccccc1)c1nc2ccccc2[nH]1. The highest BCUT2D eigenvalue weighted by atomic mass is 16.2. The van der Waals surface area contributed by atoms with Crippen molar-refractivity contribution in [3.05, 3.63) is 103 Å². The Balaban J connectivity index is 1.36. The van der Waals surface area contributed by atoms with Crippen molar-refractivity contribution in [1.82, 2.24) is 30.0 Å². The van der Waals surface area contributed by atoms with Gasteiger partial charge in [-0.25, -0.2) is 14.5 Å². The number of para-hydroxylation sites is 3. The summed E-state index contributed by atoms with van der Waals surface area (Å²) in [7, 11) is 1.79. The highest BCUT2D eigenvalue weighted by Crippen LogP contribution is 2.25. The van der Waals surface area contributed by atoms with Crippen molar-refractivity contribution < 1.29 is 4.79 Å². The van der Waals surface area contributed by atoms with E-state index in [-0.39, 0.29) is 12.1 Å². The van der Waals surface area contributed by atoms with Gasteiger partial charge in [0.05, 0.1) is 35.0 Å². The van der Waals surface area contributed by atoms with E-state index >= 15 is 0 Å². The second-order valence-corrected chi connectivity index (χ2v) is 8.32. The summed E-state index contributed by atoms with van der Waals surface area (Å²) >= 11 is 0. The molecule has 170 valence electrons. The van der Waals surface area contributed by atoms with Gasteiger partial charge in [0.1, 0.15) is 5.82 Å². The Hall–Kier alpha value is -4.39. The number of hydrogen-bond acceptors (Lipinski definition) is 3. The summed E-state index contributed by atoms with van der Waals surface area (Å²) in [4.78, 5) is 22.6. The van der Waals surface area contributed by atoms with Crippen LogP contribution >= 0.6 is 0 Å². The molecule has 2 amide bonds. The third-order valence-corrected chi connectivity index (χ3v) is 5.77. The van der Waals surface area contributed by atoms with Crippen LogP contribution in [0.15, 0.2) is 91.1 Å². The van der Waals surface area contributed by atoms with Gasteiger partial charge in [0, 0.05) is 24.4 Å². The van der Waals surface area contributed by atoms with Crippen LogP contribution < -0.4 is 5.32 Å². The molecule has 0 aliphatic carbocycles. The van der Waals surface area contributed by atoms with Crippen molar-refractivity contribution in [1.29, 1.82) is 0 Å². The number of urea groups is 1. The van der Waals surface area contributed by atoms with Gasteiger partial charge in [0.2, 0.25) is 0 Å². The molecule has 2 heterocycles. The molecule has 34 heavy (non-hydrogen) atoms. The number of fused-ring (bicyclic) bond motifs is 1. The second kappa shape index (κ2) is 9.23. The summed E-state index contributed by atoms with van der Waals surface area (Å²) in [5.74, 6) is 0.727. The number of rotatable bonds is 6. The van der Waals surface area contributed by atoms with E-state index in [2.05, 4.69) is 15.3 Å². The topological polar surface area (TPSA) is 78.8 Å². The molecule has 0 spiro atoms. The van der Waals surface area contributed by atoms with E-state index in [4.69, 9.17) is 5.10 Å². The fourth-order valence-corrected chi connectivity index (χ4v) is 3.95. The molecule has 7 heteroatoms. The van der Waals surface area contributed by atoms with Gasteiger partial charge in [-0.2, -0.15) is 5.10 Å². The minimum absolute atomic E-state index is 0.181. The second-order valence-electron chi connectivity index (χ2n) is 8.32. The van der Waals surface area contributed by atoms with Crippen molar-refractivity contribution in [3.8, 4) is 16.9 Å². The molecule has 1 unspecified atom stereocenters. The number of H-pyrrole nitrogens is 1. The third-order valence-electron chi connectivity index (χ3n) is 5.77. The largest absolute Gasteiger partial charge is 0.340 e. The number of nitrogens with one attached hydrogen (secondary N) is 2. The normalized spacial score (nSPS) is 11.9. The first-order valence-corrected chi connectivity index (χ1v) is 11.2. The molecule has 0 fully saturated rings. The Labute approximate surface area is 198 Å². The van der Waals surface area contributed by atoms with E-state index in [0.717, 1.165) is 39.4 Å². The summed E-state index contributed by atoms with van der Waals surface area (Å²) in [5.41, 5.74) is 5.63. The lowest BCUT2D eigenvalue weighted by molar-refractivity contribution is 0.203. The molecule has 0 radical (unpaired) electrons. The van der Waals surface area contributed by atoms with E-state index in [1.165, 1.54) is 0 Å². The minimum atomic E-state index is -0.261. The summed E-state index contributed by atoms with van der Waals surface area (Å²) in [6.45, 7) is 2.34. The van der Waals surface area contributed by atoms with Crippen LogP contribution in [0.4, 0.5) is 4.79 Å². The maximum absolute atomic E-state index is 13.0. The van der Waals surface area contributed by atoms with Crippen molar-refractivity contribution >= 4 is 17.1 Å². The lowest BCUT2D eigenvalue weighted by Gasteiger charge is -2.20. The Kier molecular flexibility index (Phi) is 5.82. The molecule has 0 saturated carbocycles. The number of carbonyl (C=O) groups is 1. The predicted octanol–water partition coefficient (Wildman–Crippen LogP) is 5.32. The average Bonchev–Trinajstić information content (AvgIpc) is 3.50. The van der Waals surface area contributed by atoms with Gasteiger partial charge in [-0.1, -0.05) is 60.7 Å². The smallest absolute Gasteiger partial charge is 0.318 e. The quantitative estimate of drug-likeness (QED) is 0.368. The van der Waals surface area contributed by atoms with Crippen LogP contribution in [0.2, 0.25) is 0 Å². The van der Waals surface area contributed by atoms with Gasteiger partial charge in [0.15, 0.2) is 0 Å². The molecule has 0 saturated heterocycles. The average molecular weight is 451 g/mol. The Morgan fingerprint density at radius 3 is 2.41 bits per heavy atom. The maximum Gasteiger partial charge on any atom is 0.318 e. The van der Waals surface area contributed by atoms with Crippen LogP contribution in [-0.4, -0.2) is 37.7 Å². The molecule has 2 N–H and O–H groups in total. The highest BCUT2D eigenvalue weighted by Gasteiger charge is 2.19. The first-order chi connectivity index (χ1) is 16.6. The zero-order valence-corrected chi connectivity index (χ0v) is 19.1. The van der Waals surface area contributed by atoms with Crippen LogP contribution in [0.1, 0.15) is 24.4 Å². The van der Waals surface area contributed by atoms with Gasteiger partial charge in [-0.05, 0) is 31.2 Å². The Bertz CT molecular complexity index is 1370. The molecule has 7 nitrogen and oxygen atoms in total. The standard InChI is InChI=1S/C27H26N6O/c1-19(26-29-23-15-9-10-16-24(23)30-26)28-27(34)32(2)17-21-18-33(22-13-7-4-8-14-22)31-25(21)20-11-5-3-6-12-20/h3-16,18-19H,17H2,1-2H3,(H,28,34)(H,29,30). The van der Waals surface area contributed by atoms with Gasteiger partial charge in [-0.3, -0.25) is 0 Å². The molecule has 3 aromatic carbocycles. The van der Waals surface area contributed by atoms with E-state index in [1.54, 1.807) is 11.9 Å². The first kappa shape index (κ1) is 21.5. The number of carbonyl (C=O) groups excluding carboxylic acids is 1. The van der Waals surface area contributed by atoms with Crippen molar-refractivity contribution in [3.63, 3.8) is 0 Å². The number of aromatic nitrogens is 4. The zero-order valence-electron chi connectivity index (χ0n) is 19.1. The van der Waals surface area contributed by atoms with E-state index in [9.17, 15) is 4.79 Å². The van der Waals surface area contributed by atoms with Gasteiger partial charge in [0.25, 0.3) is 0 Å². The fraction of sp³-hybridized carbons (Fsp3) is 0.148. The molecule has 2 aromatic heterocycles. The fourth-order valence-electron chi connectivity index (χ4n) is 3.95. The molecule has 5 rings (SSSR count). The first-order valence-electron chi connectivity index (χ1n) is 11.2. The molecule has 0 bridgehead atoms. The van der Waals surface area contributed by atoms with Crippen LogP contribution in [0.3, 0.4) is 0 Å². The van der Waals surface area contributed by atoms with Crippen molar-refractivity contribution in [2.24, 2.45) is 0 Å². The van der Waals surface area contributed by atoms with Crippen LogP contribution in [0, 0.1) is 0 Å². The number of nitrogens with zero attached hydrogens (tertiary/aromatic N) is 4. The van der Waals surface area contributed by atoms with E-state index < -0.39 is 0 Å². The predicted molar refractivity (Wildman–Crippen MR) is 134 cm³/mol. The summed E-state index contributed by atoms with van der Waals surface area (Å²) in [6, 6.07) is 27.4. The molecular formula is C27H26N6O. The van der Waals surface area contributed by atoms with Crippen LogP contribution in [0.25, 0.3) is 28.0 Å². The molecule has 5 aromatic rings. The van der Waals surface area contributed by atoms with Gasteiger partial charge >= 0.3 is 6.03 Å². The monoisotopic (exact) mass is 450 g/mol. The van der Waals surface area contributed by atoms with Gasteiger partial charge in [-0.15, -0.1) is 0 Å². The molecule has 0 aliphatic heterocycles. The lowest BCUT2D eigenvalue weighted by Crippen LogP contribution is -2.38. The number of amides is 2. The molecular weight excluding hydrogens is 424 g/mol. The number of benzene rings is 3. The number of imidazole rings is 1. The Morgan fingerprint density at radius 2 is 1.68 bits per heavy atom. The minimum Gasteiger partial charge on any atom is -0.340 e. The summed E-state index contributed by atoms with van der Waals surface area (Å²) in [5, 5.41) is 7.88. The van der Waals surface area contributed by atoms with Crippen LogP contribution in [0.5, 0.6) is 0 Å². The maximum atomic E-state index is 13.0. The molecule has 1 atom stereocenters. The van der Waals surface area contributed by atoms with Gasteiger partial charge < -0.3 is 15.2 Å². The van der Waals surface area contributed by atoms with Crippen molar-refractivity contribution in [2.75, 3.05) is 7.05 Å². The highest BCUT2D eigenvalue weighted by molar-refractivity contribution is 5.76. The van der Waals surface area contributed by atoms with Crippen molar-refractivity contribution in [2.45, 2.75) is 19.5 Å². The summed E-state index contributed by atoms with van der Waals surface area (Å²) in [6.07, 6.45) is 1.99. The lowest BCUT2D eigenvalue weighted by atomic mass is 10.1. The zero-order chi connectivity index (χ0) is 23.5. The summed E-state index contributed by atoms with van der Waals surface area (Å²) < 4.78 is 1.86. The van der Waals surface area contributed by atoms with E-state index in [1.807, 2.05) is 103 Å². The molecule has 0 aliphatic rings. The Morgan fingerprint density at radius 1 is 1.00 bits per heavy atom. The van der Waals surface area contributed by atoms with Crippen LogP contribution in [-0.2, 0) is 6.54 Å². The third kappa shape index (κ3) is 4.41.